The van der Waals surface area contributed by atoms with Crippen molar-refractivity contribution >= 4 is 27.5 Å². The van der Waals surface area contributed by atoms with Gasteiger partial charge >= 0.3 is 5.97 Å². The van der Waals surface area contributed by atoms with Gasteiger partial charge in [-0.25, -0.2) is 18.6 Å². The topological polar surface area (TPSA) is 72.0 Å². The number of hydrogen-bond donors (Lipinski definition) is 1. The zero-order chi connectivity index (χ0) is 18.1. The molecule has 2 aromatic heterocycles. The maximum atomic E-state index is 13.8. The van der Waals surface area contributed by atoms with E-state index in [1.54, 1.807) is 13.8 Å². The van der Waals surface area contributed by atoms with E-state index in [0.717, 1.165) is 29.5 Å². The minimum Gasteiger partial charge on any atom is -0.462 e. The Hall–Kier alpha value is -2.61. The van der Waals surface area contributed by atoms with Crippen molar-refractivity contribution < 1.29 is 18.3 Å². The summed E-state index contributed by atoms with van der Waals surface area (Å²) in [5.74, 6) is -1.48. The number of carbonyl (C=O) groups is 1. The maximum absolute atomic E-state index is 13.8. The average molecular weight is 364 g/mol. The lowest BCUT2D eigenvalue weighted by Gasteiger charge is -2.03. The number of esters is 1. The number of nitrogens with zero attached hydrogens (tertiary/aromatic N) is 1. The summed E-state index contributed by atoms with van der Waals surface area (Å²) < 4.78 is 32.0. The highest BCUT2D eigenvalue weighted by Crippen LogP contribution is 2.28. The van der Waals surface area contributed by atoms with Crippen LogP contribution in [0.5, 0.6) is 0 Å². The highest BCUT2D eigenvalue weighted by atomic mass is 32.1. The first-order chi connectivity index (χ1) is 11.9. The summed E-state index contributed by atoms with van der Waals surface area (Å²) in [5.41, 5.74) is 0.151. The van der Waals surface area contributed by atoms with Crippen LogP contribution < -0.4 is 5.56 Å². The Morgan fingerprint density at radius 2 is 2.12 bits per heavy atom. The molecule has 0 unspecified atom stereocenters. The van der Waals surface area contributed by atoms with Crippen LogP contribution in [0.25, 0.3) is 10.2 Å². The predicted octanol–water partition coefficient (Wildman–Crippen LogP) is 3.34. The Morgan fingerprint density at radius 3 is 2.84 bits per heavy atom. The van der Waals surface area contributed by atoms with Gasteiger partial charge in [-0.2, -0.15) is 0 Å². The van der Waals surface area contributed by atoms with Crippen molar-refractivity contribution in [3.05, 3.63) is 62.0 Å². The second-order valence-electron chi connectivity index (χ2n) is 5.38. The SMILES string of the molecule is CCOC(=O)c1sc2nc(Cc3cc(F)ccc3F)[nH]c(=O)c2c1C. The van der Waals surface area contributed by atoms with Gasteiger partial charge in [-0.05, 0) is 43.2 Å². The first-order valence-electron chi connectivity index (χ1n) is 7.54. The lowest BCUT2D eigenvalue weighted by molar-refractivity contribution is 0.0531. The molecule has 0 aliphatic heterocycles. The average Bonchev–Trinajstić information content (AvgIpc) is 2.88. The number of halogens is 2. The van der Waals surface area contributed by atoms with Crippen LogP contribution in [0.1, 0.15) is 33.5 Å². The molecular weight excluding hydrogens is 350 g/mol. The third-order valence-corrected chi connectivity index (χ3v) is 4.84. The molecule has 1 N–H and O–H groups in total. The van der Waals surface area contributed by atoms with Crippen LogP contribution in [0.2, 0.25) is 0 Å². The smallest absolute Gasteiger partial charge is 0.348 e. The molecule has 130 valence electrons. The summed E-state index contributed by atoms with van der Waals surface area (Å²) >= 11 is 1.04. The molecule has 8 heteroatoms. The van der Waals surface area contributed by atoms with Crippen LogP contribution in [0.4, 0.5) is 8.78 Å². The van der Waals surface area contributed by atoms with Gasteiger partial charge in [0.2, 0.25) is 0 Å². The van der Waals surface area contributed by atoms with Crippen molar-refractivity contribution in [2.75, 3.05) is 6.61 Å². The Bertz CT molecular complexity index is 1030. The van der Waals surface area contributed by atoms with Crippen molar-refractivity contribution in [3.8, 4) is 0 Å². The zero-order valence-corrected chi connectivity index (χ0v) is 14.3. The quantitative estimate of drug-likeness (QED) is 0.721. The molecule has 3 rings (SSSR count). The van der Waals surface area contributed by atoms with Crippen LogP contribution in [0.15, 0.2) is 23.0 Å². The largest absolute Gasteiger partial charge is 0.462 e. The van der Waals surface area contributed by atoms with Crippen molar-refractivity contribution in [1.82, 2.24) is 9.97 Å². The number of aromatic amines is 1. The van der Waals surface area contributed by atoms with Crippen molar-refractivity contribution in [2.45, 2.75) is 20.3 Å². The fourth-order valence-electron chi connectivity index (χ4n) is 2.52. The number of rotatable bonds is 4. The van der Waals surface area contributed by atoms with Crippen LogP contribution in [-0.2, 0) is 11.2 Å². The molecule has 0 atom stereocenters. The van der Waals surface area contributed by atoms with E-state index in [4.69, 9.17) is 4.74 Å². The normalized spacial score (nSPS) is 11.0. The zero-order valence-electron chi connectivity index (χ0n) is 13.5. The van der Waals surface area contributed by atoms with Crippen molar-refractivity contribution in [1.29, 1.82) is 0 Å². The number of hydrogen-bond acceptors (Lipinski definition) is 5. The van der Waals surface area contributed by atoms with Gasteiger partial charge < -0.3 is 9.72 Å². The molecule has 0 spiro atoms. The number of thiophene rings is 1. The lowest BCUT2D eigenvalue weighted by Crippen LogP contribution is -2.12. The van der Waals surface area contributed by atoms with Crippen LogP contribution in [0, 0.1) is 18.6 Å². The van der Waals surface area contributed by atoms with Gasteiger partial charge in [-0.15, -0.1) is 11.3 Å². The van der Waals surface area contributed by atoms with E-state index in [1.165, 1.54) is 0 Å². The lowest BCUT2D eigenvalue weighted by atomic mass is 10.1. The predicted molar refractivity (Wildman–Crippen MR) is 90.1 cm³/mol. The molecule has 0 aliphatic rings. The third kappa shape index (κ3) is 3.30. The molecule has 25 heavy (non-hydrogen) atoms. The van der Waals surface area contributed by atoms with Gasteiger partial charge in [-0.3, -0.25) is 4.79 Å². The molecule has 0 radical (unpaired) electrons. The Morgan fingerprint density at radius 1 is 1.36 bits per heavy atom. The molecule has 3 aromatic rings. The van der Waals surface area contributed by atoms with Gasteiger partial charge in [0.05, 0.1) is 12.0 Å². The molecule has 0 bridgehead atoms. The van der Waals surface area contributed by atoms with E-state index in [0.29, 0.717) is 20.7 Å². The number of fused-ring (bicyclic) bond motifs is 1. The number of benzene rings is 1. The molecule has 2 heterocycles. The van der Waals surface area contributed by atoms with Gasteiger partial charge in [-0.1, -0.05) is 0 Å². The van der Waals surface area contributed by atoms with Gasteiger partial charge in [0.1, 0.15) is 27.2 Å². The molecule has 0 amide bonds. The molecule has 0 aliphatic carbocycles. The number of carbonyl (C=O) groups excluding carboxylic acids is 1. The van der Waals surface area contributed by atoms with Gasteiger partial charge in [0.25, 0.3) is 5.56 Å². The van der Waals surface area contributed by atoms with Crippen LogP contribution >= 0.6 is 11.3 Å². The van der Waals surface area contributed by atoms with Crippen LogP contribution in [0.3, 0.4) is 0 Å². The van der Waals surface area contributed by atoms with Crippen molar-refractivity contribution in [2.24, 2.45) is 0 Å². The highest BCUT2D eigenvalue weighted by Gasteiger charge is 2.20. The minimum atomic E-state index is -0.585. The van der Waals surface area contributed by atoms with E-state index < -0.39 is 23.2 Å². The Balaban J connectivity index is 2.06. The molecule has 0 saturated carbocycles. The van der Waals surface area contributed by atoms with E-state index >= 15 is 0 Å². The second-order valence-corrected chi connectivity index (χ2v) is 6.38. The summed E-state index contributed by atoms with van der Waals surface area (Å²) in [5, 5.41) is 0.302. The molecule has 0 fully saturated rings. The molecule has 5 nitrogen and oxygen atoms in total. The number of nitrogens with one attached hydrogen (secondary N) is 1. The summed E-state index contributed by atoms with van der Waals surface area (Å²) in [6.07, 6.45) is -0.0690. The molecular formula is C17H14F2N2O3S. The Labute approximate surface area is 145 Å². The van der Waals surface area contributed by atoms with E-state index in [9.17, 15) is 18.4 Å². The number of ether oxygens (including phenoxy) is 1. The Kier molecular flexibility index (Phi) is 4.63. The van der Waals surface area contributed by atoms with E-state index in [2.05, 4.69) is 9.97 Å². The first-order valence-corrected chi connectivity index (χ1v) is 8.35. The molecule has 1 aromatic carbocycles. The van der Waals surface area contributed by atoms with Gasteiger partial charge in [0.15, 0.2) is 0 Å². The first kappa shape index (κ1) is 17.2. The fourth-order valence-corrected chi connectivity index (χ4v) is 3.62. The number of aryl methyl sites for hydroxylation is 1. The number of aromatic nitrogens is 2. The summed E-state index contributed by atoms with van der Waals surface area (Å²) in [6, 6.07) is 3.10. The summed E-state index contributed by atoms with van der Waals surface area (Å²) in [4.78, 5) is 31.8. The molecule has 0 saturated heterocycles. The monoisotopic (exact) mass is 364 g/mol. The van der Waals surface area contributed by atoms with E-state index in [1.807, 2.05) is 0 Å². The minimum absolute atomic E-state index is 0.0690. The highest BCUT2D eigenvalue weighted by molar-refractivity contribution is 7.20. The third-order valence-electron chi connectivity index (χ3n) is 3.68. The summed E-state index contributed by atoms with van der Waals surface area (Å²) in [6.45, 7) is 3.56. The second kappa shape index (κ2) is 6.72. The van der Waals surface area contributed by atoms with Crippen LogP contribution in [-0.4, -0.2) is 22.5 Å². The standard InChI is InChI=1S/C17H14F2N2O3S/c1-3-24-17(23)14-8(2)13-15(22)20-12(21-16(13)25-14)7-9-6-10(18)4-5-11(9)19/h4-6H,3,7H2,1-2H3,(H,20,21,22). The maximum Gasteiger partial charge on any atom is 0.348 e. The van der Waals surface area contributed by atoms with Crippen molar-refractivity contribution in [3.63, 3.8) is 0 Å². The summed E-state index contributed by atoms with van der Waals surface area (Å²) in [7, 11) is 0. The fraction of sp³-hybridized carbons (Fsp3) is 0.235. The van der Waals surface area contributed by atoms with Gasteiger partial charge in [0, 0.05) is 6.42 Å². The van der Waals surface area contributed by atoms with E-state index in [-0.39, 0.29) is 24.4 Å². The number of H-pyrrole nitrogens is 1.